The van der Waals surface area contributed by atoms with E-state index in [4.69, 9.17) is 0 Å². The summed E-state index contributed by atoms with van der Waals surface area (Å²) in [5.74, 6) is -0.832. The normalized spacial score (nSPS) is 11.2. The van der Waals surface area contributed by atoms with Gasteiger partial charge < -0.3 is 5.11 Å². The molecule has 0 radical (unpaired) electrons. The molecule has 0 aliphatic rings. The lowest BCUT2D eigenvalue weighted by molar-refractivity contribution is 0.0958. The number of hydrogen-bond acceptors (Lipinski definition) is 3. The van der Waals surface area contributed by atoms with Gasteiger partial charge >= 0.3 is 0 Å². The van der Waals surface area contributed by atoms with Crippen LogP contribution in [0.1, 0.15) is 20.7 Å². The number of aromatic hydroxyl groups is 1. The third-order valence-electron chi connectivity index (χ3n) is 5.05. The van der Waals surface area contributed by atoms with E-state index in [1.165, 1.54) is 27.3 Å². The van der Waals surface area contributed by atoms with E-state index < -0.39 is 5.91 Å². The highest BCUT2D eigenvalue weighted by Gasteiger charge is 2.18. The second-order valence-electron chi connectivity index (χ2n) is 6.93. The molecule has 1 N–H and O–H groups in total. The number of fused-ring (bicyclic) bond motifs is 2. The molecule has 5 heteroatoms. The molecule has 0 unspecified atom stereocenters. The van der Waals surface area contributed by atoms with Gasteiger partial charge in [-0.05, 0) is 39.7 Å². The van der Waals surface area contributed by atoms with E-state index in [0.29, 0.717) is 5.56 Å². The topological polar surface area (TPSA) is 64.2 Å². The van der Waals surface area contributed by atoms with Crippen LogP contribution in [0.2, 0.25) is 0 Å². The Hall–Kier alpha value is -4.12. The zero-order valence-corrected chi connectivity index (χ0v) is 15.3. The van der Waals surface area contributed by atoms with Crippen LogP contribution in [0.5, 0.6) is 5.75 Å². The maximum Gasteiger partial charge on any atom is 0.265 e. The van der Waals surface area contributed by atoms with Crippen molar-refractivity contribution in [2.45, 2.75) is 0 Å². The molecule has 0 bridgehead atoms. The number of hydrogen-bond donors (Lipinski definition) is 1. The molecule has 2 aromatic heterocycles. The van der Waals surface area contributed by atoms with Gasteiger partial charge in [0.25, 0.3) is 11.8 Å². The molecule has 0 atom stereocenters. The van der Waals surface area contributed by atoms with Crippen molar-refractivity contribution in [3.8, 4) is 5.75 Å². The summed E-state index contributed by atoms with van der Waals surface area (Å²) < 4.78 is 2.92. The van der Waals surface area contributed by atoms with Gasteiger partial charge in [-0.3, -0.25) is 18.7 Å². The summed E-state index contributed by atoms with van der Waals surface area (Å²) >= 11 is 0. The Kier molecular flexibility index (Phi) is 3.81. The highest BCUT2D eigenvalue weighted by molar-refractivity contribution is 6.05. The van der Waals surface area contributed by atoms with Crippen molar-refractivity contribution >= 4 is 33.4 Å². The van der Waals surface area contributed by atoms with Gasteiger partial charge in [0.1, 0.15) is 5.75 Å². The first-order valence-electron chi connectivity index (χ1n) is 9.16. The standard InChI is InChI=1S/C24H16N2O3/c27-22-10-9-16(23(28)25-12-17-5-1-2-6-18(17)13-25)11-21(22)24(29)26-14-19-7-3-4-8-20(19)15-26/h1-15,27H. The van der Waals surface area contributed by atoms with Crippen molar-refractivity contribution in [2.24, 2.45) is 0 Å². The second kappa shape index (κ2) is 6.49. The molecule has 0 saturated carbocycles. The Bertz CT molecular complexity index is 1340. The number of rotatable bonds is 2. The van der Waals surface area contributed by atoms with Crippen LogP contribution in [0.25, 0.3) is 21.5 Å². The number of phenolic OH excluding ortho intramolecular Hbond substituents is 1. The lowest BCUT2D eigenvalue weighted by Crippen LogP contribution is -2.14. The zero-order chi connectivity index (χ0) is 20.0. The number of nitrogens with zero attached hydrogens (tertiary/aromatic N) is 2. The summed E-state index contributed by atoms with van der Waals surface area (Å²) in [7, 11) is 0. The van der Waals surface area contributed by atoms with E-state index in [9.17, 15) is 14.7 Å². The molecular weight excluding hydrogens is 364 g/mol. The Morgan fingerprint density at radius 2 is 1.07 bits per heavy atom. The maximum absolute atomic E-state index is 13.0. The molecule has 5 aromatic rings. The number of aromatic nitrogens is 2. The van der Waals surface area contributed by atoms with Gasteiger partial charge in [0.05, 0.1) is 5.56 Å². The van der Waals surface area contributed by atoms with E-state index >= 15 is 0 Å². The van der Waals surface area contributed by atoms with Gasteiger partial charge in [-0.15, -0.1) is 0 Å². The van der Waals surface area contributed by atoms with E-state index in [1.54, 1.807) is 24.8 Å². The molecule has 0 aliphatic carbocycles. The Balaban J connectivity index is 1.54. The number of phenols is 1. The van der Waals surface area contributed by atoms with Crippen LogP contribution < -0.4 is 0 Å². The maximum atomic E-state index is 13.0. The molecule has 0 saturated heterocycles. The third kappa shape index (κ3) is 2.89. The number of carbonyl (C=O) groups excluding carboxylic acids is 2. The first-order chi connectivity index (χ1) is 14.1. The zero-order valence-electron chi connectivity index (χ0n) is 15.3. The molecule has 5 rings (SSSR count). The highest BCUT2D eigenvalue weighted by atomic mass is 16.3. The van der Waals surface area contributed by atoms with Gasteiger partial charge in [0, 0.05) is 30.4 Å². The fourth-order valence-corrected chi connectivity index (χ4v) is 3.53. The monoisotopic (exact) mass is 380 g/mol. The summed E-state index contributed by atoms with van der Waals surface area (Å²) in [6.45, 7) is 0. The first kappa shape index (κ1) is 17.0. The van der Waals surface area contributed by atoms with Crippen molar-refractivity contribution in [1.82, 2.24) is 9.13 Å². The summed E-state index contributed by atoms with van der Waals surface area (Å²) in [6, 6.07) is 19.6. The third-order valence-corrected chi connectivity index (χ3v) is 5.05. The molecule has 3 aromatic carbocycles. The fourth-order valence-electron chi connectivity index (χ4n) is 3.53. The van der Waals surface area contributed by atoms with Crippen molar-refractivity contribution in [3.63, 3.8) is 0 Å². The fraction of sp³-hybridized carbons (Fsp3) is 0. The van der Waals surface area contributed by atoms with E-state index in [-0.39, 0.29) is 17.2 Å². The van der Waals surface area contributed by atoms with Crippen LogP contribution in [0, 0.1) is 0 Å². The number of carbonyl (C=O) groups is 2. The van der Waals surface area contributed by atoms with Gasteiger partial charge in [0.15, 0.2) is 0 Å². The van der Waals surface area contributed by atoms with Crippen molar-refractivity contribution in [2.75, 3.05) is 0 Å². The van der Waals surface area contributed by atoms with Gasteiger partial charge in [-0.1, -0.05) is 48.5 Å². The van der Waals surface area contributed by atoms with Crippen LogP contribution >= 0.6 is 0 Å². The minimum Gasteiger partial charge on any atom is -0.507 e. The molecule has 29 heavy (non-hydrogen) atoms. The smallest absolute Gasteiger partial charge is 0.265 e. The second-order valence-corrected chi connectivity index (χ2v) is 6.93. The van der Waals surface area contributed by atoms with Gasteiger partial charge in [0.2, 0.25) is 0 Å². The molecule has 2 heterocycles. The quantitative estimate of drug-likeness (QED) is 0.484. The van der Waals surface area contributed by atoms with Gasteiger partial charge in [-0.25, -0.2) is 0 Å². The molecular formula is C24H16N2O3. The van der Waals surface area contributed by atoms with Gasteiger partial charge in [-0.2, -0.15) is 0 Å². The predicted octanol–water partition coefficient (Wildman–Crippen LogP) is 4.68. The minimum absolute atomic E-state index is 0.0767. The minimum atomic E-state index is -0.397. The molecule has 140 valence electrons. The average Bonchev–Trinajstić information content (AvgIpc) is 3.37. The highest BCUT2D eigenvalue weighted by Crippen LogP contribution is 2.23. The summed E-state index contributed by atoms with van der Waals surface area (Å²) in [6.07, 6.45) is 6.93. The molecule has 0 amide bonds. The Labute approximate surface area is 166 Å². The van der Waals surface area contributed by atoms with Crippen molar-refractivity contribution in [3.05, 3.63) is 103 Å². The van der Waals surface area contributed by atoms with Crippen LogP contribution in [0.15, 0.2) is 91.5 Å². The van der Waals surface area contributed by atoms with E-state index in [2.05, 4.69) is 0 Å². The van der Waals surface area contributed by atoms with Crippen LogP contribution in [0.4, 0.5) is 0 Å². The predicted molar refractivity (Wildman–Crippen MR) is 111 cm³/mol. The summed E-state index contributed by atoms with van der Waals surface area (Å²) in [4.78, 5) is 25.9. The molecule has 0 spiro atoms. The molecule has 0 fully saturated rings. The largest absolute Gasteiger partial charge is 0.507 e. The van der Waals surface area contributed by atoms with E-state index in [0.717, 1.165) is 21.5 Å². The lowest BCUT2D eigenvalue weighted by atomic mass is 10.1. The first-order valence-corrected chi connectivity index (χ1v) is 9.16. The van der Waals surface area contributed by atoms with Crippen LogP contribution in [-0.4, -0.2) is 26.1 Å². The molecule has 5 nitrogen and oxygen atoms in total. The average molecular weight is 380 g/mol. The lowest BCUT2D eigenvalue weighted by Gasteiger charge is -2.08. The van der Waals surface area contributed by atoms with Crippen LogP contribution in [0.3, 0.4) is 0 Å². The summed E-state index contributed by atoms with van der Waals surface area (Å²) in [5.41, 5.74) is 0.399. The summed E-state index contributed by atoms with van der Waals surface area (Å²) in [5, 5.41) is 14.0. The number of benzene rings is 3. The SMILES string of the molecule is O=C(c1ccc(O)c(C(=O)n2cc3ccccc3c2)c1)n1cc2ccccc2c1. The van der Waals surface area contributed by atoms with Crippen LogP contribution in [-0.2, 0) is 0 Å². The van der Waals surface area contributed by atoms with Crippen molar-refractivity contribution in [1.29, 1.82) is 0 Å². The van der Waals surface area contributed by atoms with Crippen molar-refractivity contribution < 1.29 is 14.7 Å². The Morgan fingerprint density at radius 1 is 0.621 bits per heavy atom. The van der Waals surface area contributed by atoms with E-state index in [1.807, 2.05) is 48.5 Å². The Morgan fingerprint density at radius 3 is 1.55 bits per heavy atom. The molecule has 0 aliphatic heterocycles.